The summed E-state index contributed by atoms with van der Waals surface area (Å²) in [5.41, 5.74) is -2.57. The van der Waals surface area contributed by atoms with Crippen LogP contribution in [0.1, 0.15) is 28.8 Å². The molecule has 0 aliphatic carbocycles. The molecule has 0 saturated carbocycles. The van der Waals surface area contributed by atoms with Crippen molar-refractivity contribution < 1.29 is 4.42 Å². The predicted molar refractivity (Wildman–Crippen MR) is 111 cm³/mol. The van der Waals surface area contributed by atoms with Crippen LogP contribution in [0.2, 0.25) is 0 Å². The Morgan fingerprint density at radius 2 is 1.23 bits per heavy atom. The molecule has 0 N–H and O–H groups in total. The van der Waals surface area contributed by atoms with Crippen LogP contribution in [0, 0.1) is 56.2 Å². The van der Waals surface area contributed by atoms with Crippen LogP contribution in [0.4, 0.5) is 0 Å². The van der Waals surface area contributed by atoms with E-state index in [0.717, 1.165) is 0 Å². The zero-order valence-corrected chi connectivity index (χ0v) is 16.3. The van der Waals surface area contributed by atoms with Crippen molar-refractivity contribution in [1.82, 2.24) is 0 Å². The highest BCUT2D eigenvalue weighted by Crippen LogP contribution is 2.60. The molecule has 6 nitrogen and oxygen atoms in total. The first-order valence-corrected chi connectivity index (χ1v) is 9.54. The number of benzene rings is 2. The third-order valence-corrected chi connectivity index (χ3v) is 5.73. The van der Waals surface area contributed by atoms with Crippen LogP contribution in [-0.2, 0) is 0 Å². The molecule has 0 fully saturated rings. The molecule has 0 unspecified atom stereocenters. The molecule has 3 aromatic rings. The summed E-state index contributed by atoms with van der Waals surface area (Å²) in [6.07, 6.45) is 1.48. The Morgan fingerprint density at radius 3 is 1.71 bits per heavy atom. The maximum Gasteiger partial charge on any atom is 0.202 e. The van der Waals surface area contributed by atoms with Gasteiger partial charge in [-0.3, -0.25) is 4.99 Å². The number of furan rings is 1. The van der Waals surface area contributed by atoms with Gasteiger partial charge < -0.3 is 4.42 Å². The van der Waals surface area contributed by atoms with Crippen LogP contribution in [0.15, 0.2) is 88.5 Å². The number of nitriles is 4. The van der Waals surface area contributed by atoms with Gasteiger partial charge >= 0.3 is 0 Å². The Bertz CT molecular complexity index is 1250. The van der Waals surface area contributed by atoms with Gasteiger partial charge in [-0.25, -0.2) is 0 Å². The minimum atomic E-state index is -2.05. The van der Waals surface area contributed by atoms with Gasteiger partial charge in [0.25, 0.3) is 0 Å². The van der Waals surface area contributed by atoms with Gasteiger partial charge in [0.2, 0.25) is 5.41 Å². The maximum absolute atomic E-state index is 10.4. The van der Waals surface area contributed by atoms with E-state index in [1.54, 1.807) is 66.7 Å². The third-order valence-electron chi connectivity index (χ3n) is 5.73. The van der Waals surface area contributed by atoms with Crippen molar-refractivity contribution in [2.45, 2.75) is 12.0 Å². The fourth-order valence-corrected chi connectivity index (χ4v) is 4.26. The molecule has 0 saturated heterocycles. The first-order chi connectivity index (χ1) is 15.2. The molecule has 31 heavy (non-hydrogen) atoms. The van der Waals surface area contributed by atoms with E-state index in [1.807, 2.05) is 18.2 Å². The van der Waals surface area contributed by atoms with Crippen LogP contribution < -0.4 is 0 Å². The molecule has 0 radical (unpaired) electrons. The lowest BCUT2D eigenvalue weighted by Gasteiger charge is -2.45. The quantitative estimate of drug-likeness (QED) is 0.631. The second-order valence-electron chi connectivity index (χ2n) is 7.21. The maximum atomic E-state index is 10.4. The standard InChI is InChI=1S/C25H15N5O/c26-14-24(15-27)21(18-8-3-1-4-9-18)22(20-12-7-13-31-20)30-23(25(24,16-28)17-29)19-10-5-2-6-11-19/h1-13,21,23H/t21-,23+/m1/s1. The Labute approximate surface area is 179 Å². The Morgan fingerprint density at radius 1 is 0.677 bits per heavy atom. The Balaban J connectivity index is 2.15. The van der Waals surface area contributed by atoms with Crippen molar-refractivity contribution in [1.29, 1.82) is 21.0 Å². The number of nitrogens with zero attached hydrogens (tertiary/aromatic N) is 5. The summed E-state index contributed by atoms with van der Waals surface area (Å²) < 4.78 is 5.61. The molecule has 1 aliphatic heterocycles. The molecule has 0 spiro atoms. The minimum absolute atomic E-state index is 0.356. The van der Waals surface area contributed by atoms with Crippen molar-refractivity contribution >= 4 is 5.71 Å². The molecule has 2 atom stereocenters. The first-order valence-electron chi connectivity index (χ1n) is 9.54. The Kier molecular flexibility index (Phi) is 4.85. The van der Waals surface area contributed by atoms with E-state index >= 15 is 0 Å². The van der Waals surface area contributed by atoms with Gasteiger partial charge in [0.15, 0.2) is 5.41 Å². The monoisotopic (exact) mass is 401 g/mol. The predicted octanol–water partition coefficient (Wildman–Crippen LogP) is 4.67. The molecule has 2 aromatic carbocycles. The fourth-order valence-electron chi connectivity index (χ4n) is 4.26. The van der Waals surface area contributed by atoms with Gasteiger partial charge in [-0.15, -0.1) is 0 Å². The van der Waals surface area contributed by atoms with Gasteiger partial charge in [0.1, 0.15) is 11.8 Å². The second-order valence-corrected chi connectivity index (χ2v) is 7.21. The molecular weight excluding hydrogens is 386 g/mol. The van der Waals surface area contributed by atoms with Crippen molar-refractivity contribution in [2.75, 3.05) is 0 Å². The van der Waals surface area contributed by atoms with E-state index in [0.29, 0.717) is 22.6 Å². The number of aliphatic imine (C=N–C) groups is 1. The van der Waals surface area contributed by atoms with Crippen molar-refractivity contribution in [2.24, 2.45) is 15.8 Å². The van der Waals surface area contributed by atoms with E-state index in [2.05, 4.69) is 12.1 Å². The normalized spacial score (nSPS) is 20.8. The summed E-state index contributed by atoms with van der Waals surface area (Å²) >= 11 is 0. The molecule has 4 rings (SSSR count). The second kappa shape index (κ2) is 7.64. The molecule has 0 amide bonds. The van der Waals surface area contributed by atoms with E-state index in [1.165, 1.54) is 6.26 Å². The van der Waals surface area contributed by atoms with Crippen LogP contribution in [0.3, 0.4) is 0 Å². The van der Waals surface area contributed by atoms with Crippen molar-refractivity contribution in [3.05, 3.63) is 95.9 Å². The van der Waals surface area contributed by atoms with Crippen LogP contribution in [0.5, 0.6) is 0 Å². The summed E-state index contributed by atoms with van der Waals surface area (Å²) in [5, 5.41) is 41.4. The largest absolute Gasteiger partial charge is 0.463 e. The van der Waals surface area contributed by atoms with E-state index in [-0.39, 0.29) is 0 Å². The average molecular weight is 401 g/mol. The highest BCUT2D eigenvalue weighted by atomic mass is 16.3. The minimum Gasteiger partial charge on any atom is -0.463 e. The lowest BCUT2D eigenvalue weighted by Crippen LogP contribution is -2.52. The lowest BCUT2D eigenvalue weighted by atomic mass is 9.52. The molecule has 2 heterocycles. The molecule has 6 heteroatoms. The summed E-state index contributed by atoms with van der Waals surface area (Å²) in [6.45, 7) is 0. The molecule has 1 aromatic heterocycles. The van der Waals surface area contributed by atoms with Gasteiger partial charge in [0.05, 0.1) is 42.2 Å². The lowest BCUT2D eigenvalue weighted by molar-refractivity contribution is 0.216. The SMILES string of the molecule is N#CC1(C#N)[C@H](c2ccccc2)N=C(c2ccco2)[C@@H](c2ccccc2)C1(C#N)C#N. The zero-order chi connectivity index (χ0) is 21.9. The van der Waals surface area contributed by atoms with Gasteiger partial charge in [-0.2, -0.15) is 21.0 Å². The molecule has 0 bridgehead atoms. The Hall–Kier alpha value is -4.65. The topological polar surface area (TPSA) is 121 Å². The summed E-state index contributed by atoms with van der Waals surface area (Å²) in [5.74, 6) is -0.580. The molecule has 146 valence electrons. The first kappa shape index (κ1) is 19.7. The smallest absolute Gasteiger partial charge is 0.202 e. The van der Waals surface area contributed by atoms with Crippen molar-refractivity contribution in [3.8, 4) is 24.3 Å². The van der Waals surface area contributed by atoms with E-state index in [4.69, 9.17) is 9.41 Å². The highest BCUT2D eigenvalue weighted by Gasteiger charge is 2.67. The van der Waals surface area contributed by atoms with Crippen molar-refractivity contribution in [3.63, 3.8) is 0 Å². The number of hydrogen-bond donors (Lipinski definition) is 0. The molecule has 1 aliphatic rings. The van der Waals surface area contributed by atoms with Crippen LogP contribution in [0.25, 0.3) is 0 Å². The van der Waals surface area contributed by atoms with E-state index in [9.17, 15) is 21.0 Å². The van der Waals surface area contributed by atoms with Crippen LogP contribution >= 0.6 is 0 Å². The van der Waals surface area contributed by atoms with Crippen LogP contribution in [-0.4, -0.2) is 5.71 Å². The summed E-state index contributed by atoms with van der Waals surface area (Å²) in [7, 11) is 0. The summed E-state index contributed by atoms with van der Waals surface area (Å²) in [4.78, 5) is 4.81. The van der Waals surface area contributed by atoms with Gasteiger partial charge in [0, 0.05) is 0 Å². The van der Waals surface area contributed by atoms with E-state index < -0.39 is 22.8 Å². The molecular formula is C25H15N5O. The number of hydrogen-bond acceptors (Lipinski definition) is 6. The fraction of sp³-hybridized carbons (Fsp3) is 0.160. The highest BCUT2D eigenvalue weighted by molar-refractivity contribution is 6.05. The third kappa shape index (κ3) is 2.71. The summed E-state index contributed by atoms with van der Waals surface area (Å²) in [6, 6.07) is 28.2. The number of rotatable bonds is 3. The average Bonchev–Trinajstić information content (AvgIpc) is 3.38. The zero-order valence-electron chi connectivity index (χ0n) is 16.3. The van der Waals surface area contributed by atoms with Gasteiger partial charge in [-0.1, -0.05) is 60.7 Å². The van der Waals surface area contributed by atoms with Gasteiger partial charge in [-0.05, 0) is 23.3 Å².